The maximum absolute atomic E-state index is 12.5. The summed E-state index contributed by atoms with van der Waals surface area (Å²) in [5, 5.41) is 3.23. The Balaban J connectivity index is 1.59. The fourth-order valence-corrected chi connectivity index (χ4v) is 2.80. The average molecular weight is 288 g/mol. The molecule has 3 rings (SSSR count). The summed E-state index contributed by atoms with van der Waals surface area (Å²) < 4.78 is 0. The van der Waals surface area contributed by atoms with Crippen LogP contribution in [0.1, 0.15) is 36.7 Å². The Hall–Kier alpha value is -1.62. The zero-order valence-electron chi connectivity index (χ0n) is 12.7. The number of piperazine rings is 1. The minimum absolute atomic E-state index is 0.0607. The molecule has 1 aliphatic heterocycles. The average Bonchev–Trinajstić information content (AvgIpc) is 3.37. The van der Waals surface area contributed by atoms with Crippen molar-refractivity contribution in [2.75, 3.05) is 38.0 Å². The van der Waals surface area contributed by atoms with Gasteiger partial charge in [0.05, 0.1) is 0 Å². The molecule has 0 atom stereocenters. The zero-order valence-corrected chi connectivity index (χ0v) is 12.7. The van der Waals surface area contributed by atoms with Gasteiger partial charge in [-0.25, -0.2) is 4.98 Å². The van der Waals surface area contributed by atoms with Crippen LogP contribution in [-0.2, 0) is 0 Å². The maximum Gasteiger partial charge on any atom is 0.272 e. The molecule has 21 heavy (non-hydrogen) atoms. The van der Waals surface area contributed by atoms with Crippen LogP contribution in [-0.4, -0.2) is 59.5 Å². The first-order chi connectivity index (χ1) is 10.3. The first-order valence-corrected chi connectivity index (χ1v) is 8.02. The lowest BCUT2D eigenvalue weighted by Gasteiger charge is -2.34. The first-order valence-electron chi connectivity index (χ1n) is 8.02. The van der Waals surface area contributed by atoms with Gasteiger partial charge in [-0.1, -0.05) is 13.0 Å². The minimum Gasteiger partial charge on any atom is -0.370 e. The smallest absolute Gasteiger partial charge is 0.272 e. The summed E-state index contributed by atoms with van der Waals surface area (Å²) in [6.45, 7) is 6.65. The molecular formula is C16H24N4O. The Kier molecular flexibility index (Phi) is 4.39. The van der Waals surface area contributed by atoms with E-state index in [0.717, 1.165) is 51.0 Å². The van der Waals surface area contributed by atoms with Crippen LogP contribution in [0.5, 0.6) is 0 Å². The van der Waals surface area contributed by atoms with Crippen LogP contribution in [0.15, 0.2) is 18.2 Å². The third-order valence-corrected chi connectivity index (χ3v) is 4.19. The van der Waals surface area contributed by atoms with Gasteiger partial charge < -0.3 is 10.2 Å². The molecule has 0 aromatic carbocycles. The maximum atomic E-state index is 12.5. The Labute approximate surface area is 126 Å². The molecule has 1 amide bonds. The quantitative estimate of drug-likeness (QED) is 0.898. The third-order valence-electron chi connectivity index (χ3n) is 4.19. The summed E-state index contributed by atoms with van der Waals surface area (Å²) in [6.07, 6.45) is 3.71. The fourth-order valence-electron chi connectivity index (χ4n) is 2.80. The number of pyridine rings is 1. The van der Waals surface area contributed by atoms with Crippen molar-refractivity contribution in [3.05, 3.63) is 23.9 Å². The highest BCUT2D eigenvalue weighted by atomic mass is 16.2. The van der Waals surface area contributed by atoms with E-state index in [2.05, 4.69) is 22.1 Å². The van der Waals surface area contributed by atoms with Crippen molar-refractivity contribution in [1.29, 1.82) is 0 Å². The van der Waals surface area contributed by atoms with Crippen LogP contribution in [0.4, 0.5) is 5.82 Å². The SMILES string of the molecule is CCCNc1cccc(C(=O)N2CCN(C3CC3)CC2)n1. The van der Waals surface area contributed by atoms with E-state index in [1.54, 1.807) is 0 Å². The molecule has 5 nitrogen and oxygen atoms in total. The molecule has 0 bridgehead atoms. The van der Waals surface area contributed by atoms with E-state index in [4.69, 9.17) is 0 Å². The van der Waals surface area contributed by atoms with Crippen LogP contribution < -0.4 is 5.32 Å². The van der Waals surface area contributed by atoms with Gasteiger partial charge in [-0.15, -0.1) is 0 Å². The Morgan fingerprint density at radius 3 is 2.71 bits per heavy atom. The van der Waals surface area contributed by atoms with Crippen LogP contribution in [0.3, 0.4) is 0 Å². The second kappa shape index (κ2) is 6.43. The number of hydrogen-bond donors (Lipinski definition) is 1. The lowest BCUT2D eigenvalue weighted by Crippen LogP contribution is -2.49. The van der Waals surface area contributed by atoms with Crippen LogP contribution in [0.2, 0.25) is 0 Å². The van der Waals surface area contributed by atoms with E-state index in [-0.39, 0.29) is 5.91 Å². The summed E-state index contributed by atoms with van der Waals surface area (Å²) in [5.41, 5.74) is 0.552. The van der Waals surface area contributed by atoms with Crippen molar-refractivity contribution in [2.24, 2.45) is 0 Å². The molecule has 5 heteroatoms. The monoisotopic (exact) mass is 288 g/mol. The Morgan fingerprint density at radius 1 is 1.29 bits per heavy atom. The minimum atomic E-state index is 0.0607. The summed E-state index contributed by atoms with van der Waals surface area (Å²) in [5.74, 6) is 0.852. The predicted molar refractivity (Wildman–Crippen MR) is 83.5 cm³/mol. The summed E-state index contributed by atoms with van der Waals surface area (Å²) >= 11 is 0. The summed E-state index contributed by atoms with van der Waals surface area (Å²) in [6, 6.07) is 6.42. The van der Waals surface area contributed by atoms with Crippen molar-refractivity contribution in [1.82, 2.24) is 14.8 Å². The van der Waals surface area contributed by atoms with Crippen molar-refractivity contribution in [3.63, 3.8) is 0 Å². The standard InChI is InChI=1S/C16H24N4O/c1-2-8-17-15-5-3-4-14(18-15)16(21)20-11-9-19(10-12-20)13-6-7-13/h3-5,13H,2,6-12H2,1H3,(H,17,18). The number of hydrogen-bond acceptors (Lipinski definition) is 4. The molecule has 2 aliphatic rings. The van der Waals surface area contributed by atoms with Crippen molar-refractivity contribution < 1.29 is 4.79 Å². The van der Waals surface area contributed by atoms with Crippen molar-refractivity contribution >= 4 is 11.7 Å². The normalized spacial score (nSPS) is 19.6. The molecule has 1 aromatic heterocycles. The lowest BCUT2D eigenvalue weighted by atomic mass is 10.2. The number of carbonyl (C=O) groups is 1. The van der Waals surface area contributed by atoms with Crippen molar-refractivity contribution in [2.45, 2.75) is 32.2 Å². The van der Waals surface area contributed by atoms with Gasteiger partial charge in [-0.2, -0.15) is 0 Å². The van der Waals surface area contributed by atoms with Crippen LogP contribution >= 0.6 is 0 Å². The Morgan fingerprint density at radius 2 is 2.05 bits per heavy atom. The lowest BCUT2D eigenvalue weighted by molar-refractivity contribution is 0.0621. The van der Waals surface area contributed by atoms with Gasteiger partial charge in [-0.3, -0.25) is 9.69 Å². The van der Waals surface area contributed by atoms with E-state index < -0.39 is 0 Å². The van der Waals surface area contributed by atoms with E-state index in [1.807, 2.05) is 23.1 Å². The van der Waals surface area contributed by atoms with Crippen LogP contribution in [0, 0.1) is 0 Å². The van der Waals surface area contributed by atoms with Gasteiger partial charge in [0, 0.05) is 38.8 Å². The molecule has 1 N–H and O–H groups in total. The van der Waals surface area contributed by atoms with Gasteiger partial charge in [-0.05, 0) is 31.4 Å². The van der Waals surface area contributed by atoms with Gasteiger partial charge in [0.2, 0.25) is 0 Å². The predicted octanol–water partition coefficient (Wildman–Crippen LogP) is 1.82. The number of rotatable bonds is 5. The van der Waals surface area contributed by atoms with Gasteiger partial charge in [0.25, 0.3) is 5.91 Å². The molecule has 1 aromatic rings. The van der Waals surface area contributed by atoms with Gasteiger partial charge in [0.15, 0.2) is 0 Å². The van der Waals surface area contributed by atoms with Gasteiger partial charge >= 0.3 is 0 Å². The number of carbonyl (C=O) groups excluding carboxylic acids is 1. The third kappa shape index (κ3) is 3.53. The summed E-state index contributed by atoms with van der Waals surface area (Å²) in [7, 11) is 0. The number of nitrogens with one attached hydrogen (secondary N) is 1. The molecule has 0 spiro atoms. The molecule has 2 heterocycles. The van der Waals surface area contributed by atoms with E-state index in [9.17, 15) is 4.79 Å². The molecule has 0 radical (unpaired) electrons. The fraction of sp³-hybridized carbons (Fsp3) is 0.625. The number of aromatic nitrogens is 1. The molecule has 1 saturated carbocycles. The second-order valence-corrected chi connectivity index (χ2v) is 5.89. The van der Waals surface area contributed by atoms with Gasteiger partial charge in [0.1, 0.15) is 11.5 Å². The van der Waals surface area contributed by atoms with E-state index in [0.29, 0.717) is 5.69 Å². The second-order valence-electron chi connectivity index (χ2n) is 5.89. The number of anilines is 1. The number of amides is 1. The molecule has 1 aliphatic carbocycles. The molecule has 114 valence electrons. The summed E-state index contributed by atoms with van der Waals surface area (Å²) in [4.78, 5) is 21.4. The largest absolute Gasteiger partial charge is 0.370 e. The molecule has 2 fully saturated rings. The highest BCUT2D eigenvalue weighted by molar-refractivity contribution is 5.92. The molecular weight excluding hydrogens is 264 g/mol. The van der Waals surface area contributed by atoms with Crippen molar-refractivity contribution in [3.8, 4) is 0 Å². The zero-order chi connectivity index (χ0) is 14.7. The highest BCUT2D eigenvalue weighted by Gasteiger charge is 2.32. The Bertz CT molecular complexity index is 493. The topological polar surface area (TPSA) is 48.5 Å². The number of nitrogens with zero attached hydrogens (tertiary/aromatic N) is 3. The van der Waals surface area contributed by atoms with E-state index >= 15 is 0 Å². The van der Waals surface area contributed by atoms with Crippen LogP contribution in [0.25, 0.3) is 0 Å². The van der Waals surface area contributed by atoms with E-state index in [1.165, 1.54) is 12.8 Å². The molecule has 0 unspecified atom stereocenters. The first kappa shape index (κ1) is 14.3. The highest BCUT2D eigenvalue weighted by Crippen LogP contribution is 2.27. The molecule has 1 saturated heterocycles.